The van der Waals surface area contributed by atoms with Gasteiger partial charge in [-0.25, -0.2) is 4.99 Å². The van der Waals surface area contributed by atoms with E-state index in [0.29, 0.717) is 16.6 Å². The van der Waals surface area contributed by atoms with E-state index in [1.165, 1.54) is 0 Å². The second-order valence-electron chi connectivity index (χ2n) is 5.25. The Hall–Kier alpha value is -0.990. The van der Waals surface area contributed by atoms with Crippen molar-refractivity contribution in [3.05, 3.63) is 51.8 Å². The normalized spacial score (nSPS) is 12.5. The van der Waals surface area contributed by atoms with Gasteiger partial charge < -0.3 is 10.6 Å². The number of hydrogen-bond acceptors (Lipinski definition) is 2. The number of rotatable bonds is 5. The molecule has 0 bridgehead atoms. The fraction of sp³-hybridized carbons (Fsp3) is 0.375. The highest BCUT2D eigenvalue weighted by molar-refractivity contribution is 14.0. The van der Waals surface area contributed by atoms with E-state index in [2.05, 4.69) is 20.7 Å². The van der Waals surface area contributed by atoms with E-state index < -0.39 is 0 Å². The molecule has 0 fully saturated rings. The number of aromatic nitrogens is 2. The maximum absolute atomic E-state index is 6.26. The smallest absolute Gasteiger partial charge is 0.192 e. The molecule has 1 atom stereocenters. The largest absolute Gasteiger partial charge is 0.357 e. The third-order valence-electron chi connectivity index (χ3n) is 3.30. The summed E-state index contributed by atoms with van der Waals surface area (Å²) in [5.74, 6) is 0.731. The standard InChI is InChI=1S/C16H21Cl2N5.HI/c1-4-19-16(20-8-12-9-21-23(3)10-12)22-11(2)14-6-5-13(17)7-15(14)18;/h5-7,9-11H,4,8H2,1-3H3,(H2,19,20,22);1H. The van der Waals surface area contributed by atoms with Crippen molar-refractivity contribution in [2.45, 2.75) is 26.4 Å². The van der Waals surface area contributed by atoms with Crippen molar-refractivity contribution in [1.82, 2.24) is 20.4 Å². The Morgan fingerprint density at radius 2 is 2.12 bits per heavy atom. The molecule has 0 aliphatic rings. The van der Waals surface area contributed by atoms with Crippen molar-refractivity contribution < 1.29 is 0 Å². The third-order valence-corrected chi connectivity index (χ3v) is 3.87. The van der Waals surface area contributed by atoms with Gasteiger partial charge in [-0.05, 0) is 31.5 Å². The van der Waals surface area contributed by atoms with E-state index in [1.807, 2.05) is 45.4 Å². The van der Waals surface area contributed by atoms with Crippen LogP contribution in [0.25, 0.3) is 0 Å². The van der Waals surface area contributed by atoms with Crippen molar-refractivity contribution in [3.63, 3.8) is 0 Å². The second kappa shape index (κ2) is 10.1. The molecular formula is C16H22Cl2IN5. The average Bonchev–Trinajstić information content (AvgIpc) is 2.90. The molecular weight excluding hydrogens is 460 g/mol. The summed E-state index contributed by atoms with van der Waals surface area (Å²) in [5.41, 5.74) is 2.03. The molecule has 132 valence electrons. The number of guanidine groups is 1. The van der Waals surface area contributed by atoms with E-state index in [-0.39, 0.29) is 30.0 Å². The predicted molar refractivity (Wildman–Crippen MR) is 111 cm³/mol. The number of halogens is 3. The fourth-order valence-corrected chi connectivity index (χ4v) is 2.75. The summed E-state index contributed by atoms with van der Waals surface area (Å²) >= 11 is 12.2. The maximum Gasteiger partial charge on any atom is 0.192 e. The Morgan fingerprint density at radius 3 is 2.71 bits per heavy atom. The first-order valence-corrected chi connectivity index (χ1v) is 8.22. The third kappa shape index (κ3) is 6.14. The minimum atomic E-state index is 0. The minimum Gasteiger partial charge on any atom is -0.357 e. The summed E-state index contributed by atoms with van der Waals surface area (Å²) in [6, 6.07) is 5.51. The van der Waals surface area contributed by atoms with Crippen LogP contribution in [0.3, 0.4) is 0 Å². The van der Waals surface area contributed by atoms with Crippen LogP contribution in [-0.4, -0.2) is 22.3 Å². The lowest BCUT2D eigenvalue weighted by atomic mass is 10.1. The van der Waals surface area contributed by atoms with Gasteiger partial charge in [0.1, 0.15) is 0 Å². The van der Waals surface area contributed by atoms with Gasteiger partial charge in [0.25, 0.3) is 0 Å². The summed E-state index contributed by atoms with van der Waals surface area (Å²) in [4.78, 5) is 4.58. The number of benzene rings is 1. The van der Waals surface area contributed by atoms with Gasteiger partial charge in [-0.15, -0.1) is 24.0 Å². The zero-order valence-electron chi connectivity index (χ0n) is 13.9. The molecule has 8 heteroatoms. The molecule has 0 aliphatic heterocycles. The highest BCUT2D eigenvalue weighted by Gasteiger charge is 2.11. The van der Waals surface area contributed by atoms with E-state index in [4.69, 9.17) is 23.2 Å². The fourth-order valence-electron chi connectivity index (χ4n) is 2.18. The number of aliphatic imine (C=N–C) groups is 1. The Labute approximate surface area is 169 Å². The van der Waals surface area contributed by atoms with Crippen LogP contribution in [0.2, 0.25) is 10.0 Å². The Morgan fingerprint density at radius 1 is 1.38 bits per heavy atom. The Balaban J connectivity index is 0.00000288. The zero-order valence-corrected chi connectivity index (χ0v) is 17.7. The van der Waals surface area contributed by atoms with Crippen molar-refractivity contribution in [2.24, 2.45) is 12.0 Å². The van der Waals surface area contributed by atoms with Gasteiger partial charge in [-0.2, -0.15) is 5.10 Å². The lowest BCUT2D eigenvalue weighted by Gasteiger charge is -2.19. The van der Waals surface area contributed by atoms with E-state index in [1.54, 1.807) is 10.7 Å². The topological polar surface area (TPSA) is 54.2 Å². The molecule has 1 aromatic carbocycles. The highest BCUT2D eigenvalue weighted by Crippen LogP contribution is 2.25. The molecule has 0 amide bonds. The van der Waals surface area contributed by atoms with Crippen LogP contribution in [-0.2, 0) is 13.6 Å². The molecule has 2 rings (SSSR count). The van der Waals surface area contributed by atoms with Gasteiger partial charge in [0.05, 0.1) is 18.8 Å². The molecule has 2 N–H and O–H groups in total. The molecule has 2 aromatic rings. The van der Waals surface area contributed by atoms with Crippen LogP contribution < -0.4 is 10.6 Å². The lowest BCUT2D eigenvalue weighted by molar-refractivity contribution is 0.686. The zero-order chi connectivity index (χ0) is 16.8. The highest BCUT2D eigenvalue weighted by atomic mass is 127. The minimum absolute atomic E-state index is 0. The first-order chi connectivity index (χ1) is 11.0. The molecule has 0 radical (unpaired) electrons. The molecule has 1 aromatic heterocycles. The second-order valence-corrected chi connectivity index (χ2v) is 6.09. The lowest BCUT2D eigenvalue weighted by Crippen LogP contribution is -2.38. The molecule has 0 spiro atoms. The van der Waals surface area contributed by atoms with E-state index in [0.717, 1.165) is 23.6 Å². The molecule has 5 nitrogen and oxygen atoms in total. The maximum atomic E-state index is 6.26. The number of aryl methyl sites for hydroxylation is 1. The van der Waals surface area contributed by atoms with E-state index >= 15 is 0 Å². The van der Waals surface area contributed by atoms with Crippen LogP contribution >= 0.6 is 47.2 Å². The molecule has 1 unspecified atom stereocenters. The summed E-state index contributed by atoms with van der Waals surface area (Å²) in [7, 11) is 1.89. The van der Waals surface area contributed by atoms with Crippen LogP contribution in [0.4, 0.5) is 0 Å². The quantitative estimate of drug-likeness (QED) is 0.383. The van der Waals surface area contributed by atoms with Gasteiger partial charge in [0.2, 0.25) is 0 Å². The Bertz CT molecular complexity index is 687. The van der Waals surface area contributed by atoms with Crippen molar-refractivity contribution >= 4 is 53.1 Å². The van der Waals surface area contributed by atoms with Gasteiger partial charge >= 0.3 is 0 Å². The van der Waals surface area contributed by atoms with Crippen molar-refractivity contribution in [1.29, 1.82) is 0 Å². The first kappa shape index (κ1) is 21.1. The molecule has 1 heterocycles. The average molecular weight is 482 g/mol. The number of nitrogens with one attached hydrogen (secondary N) is 2. The van der Waals surface area contributed by atoms with Crippen LogP contribution in [0.1, 0.15) is 31.0 Å². The van der Waals surface area contributed by atoms with Crippen LogP contribution in [0.5, 0.6) is 0 Å². The van der Waals surface area contributed by atoms with Gasteiger partial charge in [0.15, 0.2) is 5.96 Å². The van der Waals surface area contributed by atoms with Crippen LogP contribution in [0.15, 0.2) is 35.6 Å². The molecule has 0 aliphatic carbocycles. The SMILES string of the molecule is CCNC(=NCc1cnn(C)c1)NC(C)c1ccc(Cl)cc1Cl.I. The van der Waals surface area contributed by atoms with Gasteiger partial charge in [-0.3, -0.25) is 4.68 Å². The summed E-state index contributed by atoms with van der Waals surface area (Å²) in [6.45, 7) is 5.40. The van der Waals surface area contributed by atoms with Crippen LogP contribution in [0, 0.1) is 0 Å². The summed E-state index contributed by atoms with van der Waals surface area (Å²) in [6.07, 6.45) is 3.76. The van der Waals surface area contributed by atoms with Crippen molar-refractivity contribution in [3.8, 4) is 0 Å². The van der Waals surface area contributed by atoms with E-state index in [9.17, 15) is 0 Å². The summed E-state index contributed by atoms with van der Waals surface area (Å²) < 4.78 is 1.77. The molecule has 0 saturated carbocycles. The molecule has 0 saturated heterocycles. The van der Waals surface area contributed by atoms with Gasteiger partial charge in [-0.1, -0.05) is 29.3 Å². The number of hydrogen-bond donors (Lipinski definition) is 2. The number of nitrogens with zero attached hydrogens (tertiary/aromatic N) is 3. The van der Waals surface area contributed by atoms with Gasteiger partial charge in [0, 0.05) is 35.4 Å². The Kier molecular flexibility index (Phi) is 8.86. The summed E-state index contributed by atoms with van der Waals surface area (Å²) in [5, 5.41) is 12.0. The monoisotopic (exact) mass is 481 g/mol. The first-order valence-electron chi connectivity index (χ1n) is 7.47. The molecule has 24 heavy (non-hydrogen) atoms. The predicted octanol–water partition coefficient (Wildman–Crippen LogP) is 4.16. The van der Waals surface area contributed by atoms with Crippen molar-refractivity contribution in [2.75, 3.05) is 6.54 Å².